The van der Waals surface area contributed by atoms with Crippen LogP contribution in [-0.4, -0.2) is 21.9 Å². The predicted octanol–water partition coefficient (Wildman–Crippen LogP) is 1.88. The van der Waals surface area contributed by atoms with Crippen molar-refractivity contribution in [3.05, 3.63) is 30.0 Å². The Bertz CT molecular complexity index is 485. The van der Waals surface area contributed by atoms with Gasteiger partial charge in [0.25, 0.3) is 0 Å². The first-order chi connectivity index (χ1) is 7.33. The van der Waals surface area contributed by atoms with E-state index in [1.165, 1.54) is 5.39 Å². The molecule has 1 aliphatic carbocycles. The van der Waals surface area contributed by atoms with E-state index in [1.54, 1.807) is 0 Å². The van der Waals surface area contributed by atoms with Crippen molar-refractivity contribution < 1.29 is 5.11 Å². The molecule has 0 bridgehead atoms. The van der Waals surface area contributed by atoms with Gasteiger partial charge in [-0.1, -0.05) is 18.2 Å². The van der Waals surface area contributed by atoms with E-state index in [-0.39, 0.29) is 5.41 Å². The van der Waals surface area contributed by atoms with Crippen LogP contribution in [0.15, 0.2) is 24.3 Å². The molecule has 1 aliphatic rings. The summed E-state index contributed by atoms with van der Waals surface area (Å²) in [4.78, 5) is 0. The second-order valence-electron chi connectivity index (χ2n) is 4.55. The maximum atomic E-state index is 9.29. The maximum Gasteiger partial charge on any atom is 0.0923 e. The summed E-state index contributed by atoms with van der Waals surface area (Å²) in [6.07, 6.45) is 3.19. The number of aromatic nitrogens is 2. The number of benzene rings is 1. The van der Waals surface area contributed by atoms with Gasteiger partial charge in [0, 0.05) is 17.7 Å². The number of H-pyrrole nitrogens is 1. The molecule has 2 N–H and O–H groups in total. The lowest BCUT2D eigenvalue weighted by atomic mass is 9.99. The third kappa shape index (κ3) is 1.43. The highest BCUT2D eigenvalue weighted by Gasteiger charge is 2.42. The van der Waals surface area contributed by atoms with E-state index in [4.69, 9.17) is 0 Å². The second-order valence-corrected chi connectivity index (χ2v) is 4.55. The van der Waals surface area contributed by atoms with E-state index in [0.29, 0.717) is 6.61 Å². The quantitative estimate of drug-likeness (QED) is 0.798. The molecule has 1 saturated carbocycles. The number of aliphatic hydroxyl groups is 1. The van der Waals surface area contributed by atoms with Crippen LogP contribution >= 0.6 is 0 Å². The lowest BCUT2D eigenvalue weighted by Crippen LogP contribution is -2.10. The fourth-order valence-electron chi connectivity index (χ4n) is 2.09. The molecule has 0 saturated heterocycles. The Labute approximate surface area is 88.1 Å². The molecule has 15 heavy (non-hydrogen) atoms. The first-order valence-corrected chi connectivity index (χ1v) is 5.36. The fraction of sp³-hybridized carbons (Fsp3) is 0.417. The van der Waals surface area contributed by atoms with Crippen LogP contribution in [-0.2, 0) is 6.42 Å². The predicted molar refractivity (Wildman–Crippen MR) is 58.6 cm³/mol. The molecule has 0 spiro atoms. The summed E-state index contributed by atoms with van der Waals surface area (Å²) in [6, 6.07) is 8.11. The van der Waals surface area contributed by atoms with Gasteiger partial charge in [0.1, 0.15) is 0 Å². The Balaban J connectivity index is 1.98. The molecule has 78 valence electrons. The Morgan fingerprint density at radius 3 is 2.87 bits per heavy atom. The Hall–Kier alpha value is -1.35. The van der Waals surface area contributed by atoms with Crippen LogP contribution in [0.1, 0.15) is 18.5 Å². The number of para-hydroxylation sites is 1. The molecule has 1 aromatic carbocycles. The molecular weight excluding hydrogens is 188 g/mol. The summed E-state index contributed by atoms with van der Waals surface area (Å²) < 4.78 is 0. The van der Waals surface area contributed by atoms with E-state index in [0.717, 1.165) is 30.5 Å². The van der Waals surface area contributed by atoms with Crippen LogP contribution in [0.2, 0.25) is 0 Å². The molecule has 0 unspecified atom stereocenters. The second kappa shape index (κ2) is 3.07. The van der Waals surface area contributed by atoms with Gasteiger partial charge >= 0.3 is 0 Å². The van der Waals surface area contributed by atoms with Crippen molar-refractivity contribution in [3.8, 4) is 0 Å². The van der Waals surface area contributed by atoms with Crippen LogP contribution in [0, 0.1) is 5.41 Å². The van der Waals surface area contributed by atoms with Crippen LogP contribution < -0.4 is 0 Å². The van der Waals surface area contributed by atoms with E-state index < -0.39 is 0 Å². The number of aliphatic hydroxyl groups excluding tert-OH is 1. The molecule has 1 fully saturated rings. The number of hydrogen-bond donors (Lipinski definition) is 2. The Kier molecular flexibility index (Phi) is 1.83. The molecular formula is C12H14N2O. The highest BCUT2D eigenvalue weighted by molar-refractivity contribution is 5.81. The molecule has 1 heterocycles. The zero-order chi connectivity index (χ0) is 10.3. The standard InChI is InChI=1S/C12H14N2O/c15-8-12(5-6-12)7-11-9-3-1-2-4-10(9)13-14-11/h1-4,15H,5-8H2,(H,13,14). The third-order valence-corrected chi connectivity index (χ3v) is 3.38. The zero-order valence-corrected chi connectivity index (χ0v) is 8.53. The van der Waals surface area contributed by atoms with Crippen molar-refractivity contribution in [2.45, 2.75) is 19.3 Å². The van der Waals surface area contributed by atoms with Gasteiger partial charge in [0.15, 0.2) is 0 Å². The molecule has 3 nitrogen and oxygen atoms in total. The van der Waals surface area contributed by atoms with E-state index in [9.17, 15) is 5.11 Å². The molecule has 0 atom stereocenters. The van der Waals surface area contributed by atoms with Gasteiger partial charge in [0.2, 0.25) is 0 Å². The smallest absolute Gasteiger partial charge is 0.0923 e. The van der Waals surface area contributed by atoms with Gasteiger partial charge in [-0.3, -0.25) is 5.10 Å². The van der Waals surface area contributed by atoms with Crippen molar-refractivity contribution in [1.82, 2.24) is 10.2 Å². The van der Waals surface area contributed by atoms with Crippen molar-refractivity contribution in [2.24, 2.45) is 5.41 Å². The Morgan fingerprint density at radius 2 is 2.13 bits per heavy atom. The summed E-state index contributed by atoms with van der Waals surface area (Å²) in [5, 5.41) is 17.8. The first-order valence-electron chi connectivity index (χ1n) is 5.36. The third-order valence-electron chi connectivity index (χ3n) is 3.38. The van der Waals surface area contributed by atoms with Crippen LogP contribution in [0.4, 0.5) is 0 Å². The van der Waals surface area contributed by atoms with Gasteiger partial charge in [-0.25, -0.2) is 0 Å². The summed E-state index contributed by atoms with van der Waals surface area (Å²) in [5.41, 5.74) is 2.33. The number of nitrogens with one attached hydrogen (secondary N) is 1. The zero-order valence-electron chi connectivity index (χ0n) is 8.53. The van der Waals surface area contributed by atoms with Gasteiger partial charge in [-0.05, 0) is 30.7 Å². The van der Waals surface area contributed by atoms with Gasteiger partial charge in [0.05, 0.1) is 5.52 Å². The topological polar surface area (TPSA) is 48.9 Å². The fourth-order valence-corrected chi connectivity index (χ4v) is 2.09. The normalized spacial score (nSPS) is 18.2. The lowest BCUT2D eigenvalue weighted by Gasteiger charge is -2.09. The highest BCUT2D eigenvalue weighted by Crippen LogP contribution is 2.48. The molecule has 3 heteroatoms. The number of hydrogen-bond acceptors (Lipinski definition) is 2. The van der Waals surface area contributed by atoms with E-state index in [2.05, 4.69) is 16.3 Å². The van der Waals surface area contributed by atoms with E-state index in [1.807, 2.05) is 18.2 Å². The number of nitrogens with zero attached hydrogens (tertiary/aromatic N) is 1. The van der Waals surface area contributed by atoms with Crippen molar-refractivity contribution in [3.63, 3.8) is 0 Å². The summed E-state index contributed by atoms with van der Waals surface area (Å²) >= 11 is 0. The van der Waals surface area contributed by atoms with E-state index >= 15 is 0 Å². The minimum atomic E-state index is 0.148. The summed E-state index contributed by atoms with van der Waals surface area (Å²) in [6.45, 7) is 0.292. The lowest BCUT2D eigenvalue weighted by molar-refractivity contribution is 0.210. The number of rotatable bonds is 3. The van der Waals surface area contributed by atoms with Crippen LogP contribution in [0.3, 0.4) is 0 Å². The van der Waals surface area contributed by atoms with Crippen LogP contribution in [0.5, 0.6) is 0 Å². The summed E-state index contributed by atoms with van der Waals surface area (Å²) in [7, 11) is 0. The number of fused-ring (bicyclic) bond motifs is 1. The van der Waals surface area contributed by atoms with Gasteiger partial charge < -0.3 is 5.11 Å². The highest BCUT2D eigenvalue weighted by atomic mass is 16.3. The van der Waals surface area contributed by atoms with Crippen molar-refractivity contribution >= 4 is 10.9 Å². The van der Waals surface area contributed by atoms with Gasteiger partial charge in [-0.15, -0.1) is 0 Å². The number of aromatic amines is 1. The molecule has 3 rings (SSSR count). The van der Waals surface area contributed by atoms with Gasteiger partial charge in [-0.2, -0.15) is 5.10 Å². The summed E-state index contributed by atoms with van der Waals surface area (Å²) in [5.74, 6) is 0. The first kappa shape index (κ1) is 8.92. The average Bonchev–Trinajstić information content (AvgIpc) is 2.95. The minimum Gasteiger partial charge on any atom is -0.396 e. The maximum absolute atomic E-state index is 9.29. The SMILES string of the molecule is OCC1(Cc2[nH]nc3ccccc23)CC1. The minimum absolute atomic E-state index is 0.148. The monoisotopic (exact) mass is 202 g/mol. The van der Waals surface area contributed by atoms with Crippen molar-refractivity contribution in [2.75, 3.05) is 6.61 Å². The molecule has 1 aromatic heterocycles. The molecule has 0 amide bonds. The average molecular weight is 202 g/mol. The molecule has 2 aromatic rings. The largest absolute Gasteiger partial charge is 0.396 e. The molecule has 0 aliphatic heterocycles. The van der Waals surface area contributed by atoms with Crippen LogP contribution in [0.25, 0.3) is 10.9 Å². The Morgan fingerprint density at radius 1 is 1.33 bits per heavy atom. The van der Waals surface area contributed by atoms with Crippen molar-refractivity contribution in [1.29, 1.82) is 0 Å². The molecule has 0 radical (unpaired) electrons.